The molecule has 1 aromatic heterocycles. The lowest BCUT2D eigenvalue weighted by Gasteiger charge is -2.06. The minimum absolute atomic E-state index is 0.0553. The van der Waals surface area contributed by atoms with Gasteiger partial charge in [0.05, 0.1) is 9.88 Å². The molecule has 2 amide bonds. The summed E-state index contributed by atoms with van der Waals surface area (Å²) in [7, 11) is 0. The van der Waals surface area contributed by atoms with Crippen LogP contribution in [0.5, 0.6) is 0 Å². The van der Waals surface area contributed by atoms with E-state index < -0.39 is 0 Å². The van der Waals surface area contributed by atoms with Crippen LogP contribution in [0.3, 0.4) is 0 Å². The molecule has 2 aromatic carbocycles. The summed E-state index contributed by atoms with van der Waals surface area (Å²) in [6.45, 7) is 1.89. The standard InChI is InChI=1S/C22H20N2O2S/c1-14-13-19(24-21(25)17-7-8-17)27-20(14)22(26)23-18-11-9-16(10-12-18)15-5-3-2-4-6-15/h2-6,9-13,17H,7-8H2,1H3,(H,23,26)(H,24,25). The largest absolute Gasteiger partial charge is 0.321 e. The van der Waals surface area contributed by atoms with Crippen LogP contribution >= 0.6 is 11.3 Å². The van der Waals surface area contributed by atoms with E-state index in [0.29, 0.717) is 4.88 Å². The zero-order valence-corrected chi connectivity index (χ0v) is 15.8. The Labute approximate surface area is 162 Å². The van der Waals surface area contributed by atoms with Gasteiger partial charge in [-0.15, -0.1) is 11.3 Å². The third-order valence-corrected chi connectivity index (χ3v) is 5.72. The van der Waals surface area contributed by atoms with Gasteiger partial charge in [-0.05, 0) is 54.7 Å². The monoisotopic (exact) mass is 376 g/mol. The summed E-state index contributed by atoms with van der Waals surface area (Å²) in [6.07, 6.45) is 1.92. The first-order valence-corrected chi connectivity index (χ1v) is 9.80. The highest BCUT2D eigenvalue weighted by molar-refractivity contribution is 7.18. The molecule has 1 aliphatic carbocycles. The molecular formula is C22H20N2O2S. The van der Waals surface area contributed by atoms with Crippen molar-refractivity contribution >= 4 is 33.8 Å². The minimum atomic E-state index is -0.156. The van der Waals surface area contributed by atoms with Gasteiger partial charge in [-0.1, -0.05) is 42.5 Å². The summed E-state index contributed by atoms with van der Waals surface area (Å²) in [5.41, 5.74) is 3.85. The molecule has 1 aliphatic rings. The lowest BCUT2D eigenvalue weighted by Crippen LogP contribution is -2.12. The van der Waals surface area contributed by atoms with Gasteiger partial charge in [0, 0.05) is 11.6 Å². The molecule has 136 valence electrons. The molecule has 0 radical (unpaired) electrons. The highest BCUT2D eigenvalue weighted by Crippen LogP contribution is 2.33. The maximum atomic E-state index is 12.6. The number of benzene rings is 2. The first-order chi connectivity index (χ1) is 13.1. The van der Waals surface area contributed by atoms with Crippen LogP contribution in [0, 0.1) is 12.8 Å². The molecule has 1 heterocycles. The molecule has 0 unspecified atom stereocenters. The number of anilines is 2. The van der Waals surface area contributed by atoms with Crippen molar-refractivity contribution < 1.29 is 9.59 Å². The summed E-state index contributed by atoms with van der Waals surface area (Å²) >= 11 is 1.32. The van der Waals surface area contributed by atoms with Gasteiger partial charge < -0.3 is 10.6 Å². The zero-order valence-electron chi connectivity index (χ0n) is 15.0. The molecule has 0 spiro atoms. The molecule has 0 bridgehead atoms. The molecular weight excluding hydrogens is 356 g/mol. The van der Waals surface area contributed by atoms with E-state index in [1.807, 2.05) is 55.5 Å². The van der Waals surface area contributed by atoms with E-state index in [4.69, 9.17) is 0 Å². The number of hydrogen-bond donors (Lipinski definition) is 2. The van der Waals surface area contributed by atoms with E-state index in [1.165, 1.54) is 11.3 Å². The molecule has 3 aromatic rings. The second-order valence-electron chi connectivity index (χ2n) is 6.78. The van der Waals surface area contributed by atoms with Gasteiger partial charge in [0.2, 0.25) is 5.91 Å². The molecule has 4 rings (SSSR count). The Kier molecular flexibility index (Phi) is 4.77. The lowest BCUT2D eigenvalue weighted by atomic mass is 10.1. The van der Waals surface area contributed by atoms with Crippen molar-refractivity contribution in [2.24, 2.45) is 5.92 Å². The fourth-order valence-electron chi connectivity index (χ4n) is 2.90. The smallest absolute Gasteiger partial charge is 0.266 e. The van der Waals surface area contributed by atoms with Crippen molar-refractivity contribution in [2.45, 2.75) is 19.8 Å². The average molecular weight is 376 g/mol. The van der Waals surface area contributed by atoms with Crippen molar-refractivity contribution in [2.75, 3.05) is 10.6 Å². The number of hydrogen-bond acceptors (Lipinski definition) is 3. The fraction of sp³-hybridized carbons (Fsp3) is 0.182. The van der Waals surface area contributed by atoms with Crippen molar-refractivity contribution in [1.82, 2.24) is 0 Å². The summed E-state index contributed by atoms with van der Waals surface area (Å²) in [4.78, 5) is 25.1. The predicted molar refractivity (Wildman–Crippen MR) is 110 cm³/mol. The number of rotatable bonds is 5. The molecule has 1 saturated carbocycles. The summed E-state index contributed by atoms with van der Waals surface area (Å²) in [5, 5.41) is 6.58. The fourth-order valence-corrected chi connectivity index (χ4v) is 3.87. The van der Waals surface area contributed by atoms with Crippen molar-refractivity contribution in [3.63, 3.8) is 0 Å². The summed E-state index contributed by atoms with van der Waals surface area (Å²) in [6, 6.07) is 19.8. The van der Waals surface area contributed by atoms with Gasteiger partial charge in [0.1, 0.15) is 0 Å². The number of carbonyl (C=O) groups is 2. The van der Waals surface area contributed by atoms with E-state index in [9.17, 15) is 9.59 Å². The van der Waals surface area contributed by atoms with Crippen molar-refractivity contribution in [3.05, 3.63) is 71.1 Å². The van der Waals surface area contributed by atoms with Crippen molar-refractivity contribution in [3.8, 4) is 11.1 Å². The number of thiophene rings is 1. The molecule has 27 heavy (non-hydrogen) atoms. The van der Waals surface area contributed by atoms with Crippen LogP contribution in [0.15, 0.2) is 60.7 Å². The van der Waals surface area contributed by atoms with E-state index >= 15 is 0 Å². The van der Waals surface area contributed by atoms with Gasteiger partial charge in [-0.2, -0.15) is 0 Å². The predicted octanol–water partition coefficient (Wildman–Crippen LogP) is 5.32. The van der Waals surface area contributed by atoms with Crippen LogP contribution < -0.4 is 10.6 Å². The van der Waals surface area contributed by atoms with E-state index in [2.05, 4.69) is 22.8 Å². The number of amides is 2. The Hall–Kier alpha value is -2.92. The second-order valence-corrected chi connectivity index (χ2v) is 7.84. The van der Waals surface area contributed by atoms with Crippen LogP contribution in [-0.2, 0) is 4.79 Å². The van der Waals surface area contributed by atoms with Crippen LogP contribution in [0.4, 0.5) is 10.7 Å². The first kappa shape index (κ1) is 17.5. The zero-order chi connectivity index (χ0) is 18.8. The van der Waals surface area contributed by atoms with E-state index in [1.54, 1.807) is 0 Å². The summed E-state index contributed by atoms with van der Waals surface area (Å²) in [5.74, 6) is 0.0457. The average Bonchev–Trinajstić information content (AvgIpc) is 3.47. The maximum absolute atomic E-state index is 12.6. The quantitative estimate of drug-likeness (QED) is 0.633. The molecule has 2 N–H and O–H groups in total. The van der Waals surface area contributed by atoms with Crippen LogP contribution in [0.25, 0.3) is 11.1 Å². The minimum Gasteiger partial charge on any atom is -0.321 e. The maximum Gasteiger partial charge on any atom is 0.266 e. The number of nitrogens with one attached hydrogen (secondary N) is 2. The van der Waals surface area contributed by atoms with Gasteiger partial charge in [0.15, 0.2) is 0 Å². The Morgan fingerprint density at radius 2 is 1.59 bits per heavy atom. The number of aryl methyl sites for hydroxylation is 1. The SMILES string of the molecule is Cc1cc(NC(=O)C2CC2)sc1C(=O)Nc1ccc(-c2ccccc2)cc1. The van der Waals surface area contributed by atoms with Crippen LogP contribution in [0.2, 0.25) is 0 Å². The lowest BCUT2D eigenvalue weighted by molar-refractivity contribution is -0.117. The number of carbonyl (C=O) groups excluding carboxylic acids is 2. The second kappa shape index (κ2) is 7.37. The molecule has 1 fully saturated rings. The Morgan fingerprint density at radius 1 is 0.926 bits per heavy atom. The van der Waals surface area contributed by atoms with Gasteiger partial charge in [0.25, 0.3) is 5.91 Å². The molecule has 5 heteroatoms. The highest BCUT2D eigenvalue weighted by Gasteiger charge is 2.30. The molecule has 0 saturated heterocycles. The first-order valence-electron chi connectivity index (χ1n) is 8.98. The third kappa shape index (κ3) is 4.09. The summed E-state index contributed by atoms with van der Waals surface area (Å²) < 4.78 is 0. The van der Waals surface area contributed by atoms with E-state index in [0.717, 1.165) is 40.2 Å². The highest BCUT2D eigenvalue weighted by atomic mass is 32.1. The Balaban J connectivity index is 1.44. The molecule has 0 atom stereocenters. The van der Waals surface area contributed by atoms with E-state index in [-0.39, 0.29) is 17.7 Å². The topological polar surface area (TPSA) is 58.2 Å². The third-order valence-electron chi connectivity index (χ3n) is 4.57. The Bertz CT molecular complexity index is 973. The Morgan fingerprint density at radius 3 is 2.26 bits per heavy atom. The normalized spacial score (nSPS) is 13.2. The van der Waals surface area contributed by atoms with Crippen LogP contribution in [-0.4, -0.2) is 11.8 Å². The van der Waals surface area contributed by atoms with Crippen LogP contribution in [0.1, 0.15) is 28.1 Å². The van der Waals surface area contributed by atoms with Crippen molar-refractivity contribution in [1.29, 1.82) is 0 Å². The van der Waals surface area contributed by atoms with Gasteiger partial charge in [-0.25, -0.2) is 0 Å². The molecule has 4 nitrogen and oxygen atoms in total. The van der Waals surface area contributed by atoms with Gasteiger partial charge in [-0.3, -0.25) is 9.59 Å². The van der Waals surface area contributed by atoms with Gasteiger partial charge >= 0.3 is 0 Å². The molecule has 0 aliphatic heterocycles.